The van der Waals surface area contributed by atoms with E-state index in [0.29, 0.717) is 12.0 Å². The zero-order valence-corrected chi connectivity index (χ0v) is 18.5. The van der Waals surface area contributed by atoms with Crippen molar-refractivity contribution in [2.45, 2.75) is 24.9 Å². The molecular formula is C26H29N3O3. The summed E-state index contributed by atoms with van der Waals surface area (Å²) in [5.41, 5.74) is 8.23. The number of nitrogens with two attached hydrogens (primary N) is 1. The van der Waals surface area contributed by atoms with Crippen LogP contribution < -0.4 is 10.5 Å². The zero-order valence-electron chi connectivity index (χ0n) is 18.5. The van der Waals surface area contributed by atoms with Gasteiger partial charge in [-0.05, 0) is 60.0 Å². The van der Waals surface area contributed by atoms with E-state index in [1.54, 1.807) is 0 Å². The molecule has 0 aromatic heterocycles. The molecule has 0 spiro atoms. The third-order valence-corrected chi connectivity index (χ3v) is 6.07. The summed E-state index contributed by atoms with van der Waals surface area (Å²) in [6.45, 7) is 1.98. The maximum atomic E-state index is 12.6. The monoisotopic (exact) mass is 431 g/mol. The summed E-state index contributed by atoms with van der Waals surface area (Å²) in [6, 6.07) is 19.6. The summed E-state index contributed by atoms with van der Waals surface area (Å²) in [5.74, 6) is 0.171. The molecule has 1 aliphatic heterocycles. The van der Waals surface area contributed by atoms with E-state index >= 15 is 0 Å². The molecule has 3 aromatic rings. The maximum Gasteiger partial charge on any atom is 0.313 e. The highest BCUT2D eigenvalue weighted by atomic mass is 16.5. The predicted octanol–water partition coefficient (Wildman–Crippen LogP) is 3.71. The van der Waals surface area contributed by atoms with Gasteiger partial charge in [-0.2, -0.15) is 0 Å². The minimum atomic E-state index is -0.417. The van der Waals surface area contributed by atoms with Gasteiger partial charge in [-0.15, -0.1) is 0 Å². The second-order valence-electron chi connectivity index (χ2n) is 8.45. The van der Waals surface area contributed by atoms with Gasteiger partial charge in [0.15, 0.2) is 0 Å². The number of carbonyl (C=O) groups excluding carboxylic acids is 1. The Morgan fingerprint density at radius 2 is 1.88 bits per heavy atom. The second kappa shape index (κ2) is 9.40. The topological polar surface area (TPSA) is 88.6 Å². The Labute approximate surface area is 188 Å². The van der Waals surface area contributed by atoms with E-state index in [0.717, 1.165) is 47.2 Å². The van der Waals surface area contributed by atoms with Crippen molar-refractivity contribution in [1.29, 1.82) is 5.41 Å². The lowest BCUT2D eigenvalue weighted by atomic mass is 9.91. The molecule has 0 amide bonds. The molecule has 2 unspecified atom stereocenters. The van der Waals surface area contributed by atoms with Crippen molar-refractivity contribution < 1.29 is 14.3 Å². The van der Waals surface area contributed by atoms with Gasteiger partial charge >= 0.3 is 5.97 Å². The first kappa shape index (κ1) is 21.8. The number of ether oxygens (including phenoxy) is 2. The first-order valence-electron chi connectivity index (χ1n) is 10.8. The van der Waals surface area contributed by atoms with Crippen LogP contribution in [0.1, 0.15) is 29.0 Å². The summed E-state index contributed by atoms with van der Waals surface area (Å²) in [4.78, 5) is 14.9. The normalized spacial score (nSPS) is 17.2. The van der Waals surface area contributed by atoms with Gasteiger partial charge in [0.05, 0.1) is 13.0 Å². The second-order valence-corrected chi connectivity index (χ2v) is 8.45. The van der Waals surface area contributed by atoms with Gasteiger partial charge < -0.3 is 20.1 Å². The number of benzene rings is 3. The Morgan fingerprint density at radius 3 is 2.53 bits per heavy atom. The molecule has 0 saturated carbocycles. The molecule has 0 bridgehead atoms. The minimum absolute atomic E-state index is 0.0382. The highest BCUT2D eigenvalue weighted by molar-refractivity contribution is 5.99. The summed E-state index contributed by atoms with van der Waals surface area (Å²) in [7, 11) is 3.52. The molecule has 166 valence electrons. The summed E-state index contributed by atoms with van der Waals surface area (Å²) < 4.78 is 11.2. The third-order valence-electron chi connectivity index (χ3n) is 6.07. The summed E-state index contributed by atoms with van der Waals surface area (Å²) >= 11 is 0. The number of methoxy groups -OCH3 is 1. The minimum Gasteiger partial charge on any atom is -0.489 e. The van der Waals surface area contributed by atoms with E-state index in [9.17, 15) is 4.79 Å². The number of nitrogen functional groups attached to an aromatic ring is 1. The first-order valence-corrected chi connectivity index (χ1v) is 10.8. The third kappa shape index (κ3) is 4.92. The number of hydrogen-bond donors (Lipinski definition) is 2. The lowest BCUT2D eigenvalue weighted by Gasteiger charge is -2.18. The van der Waals surface area contributed by atoms with Crippen LogP contribution in [0.15, 0.2) is 60.7 Å². The van der Waals surface area contributed by atoms with E-state index in [4.69, 9.17) is 20.6 Å². The molecule has 0 aliphatic carbocycles. The van der Waals surface area contributed by atoms with Crippen LogP contribution in [0.5, 0.6) is 5.75 Å². The Morgan fingerprint density at radius 1 is 1.12 bits per heavy atom. The molecule has 6 nitrogen and oxygen atoms in total. The number of nitrogens with zero attached hydrogens (tertiary/aromatic N) is 1. The van der Waals surface area contributed by atoms with Gasteiger partial charge in [0.2, 0.25) is 0 Å². The van der Waals surface area contributed by atoms with E-state index in [-0.39, 0.29) is 17.9 Å². The molecule has 32 heavy (non-hydrogen) atoms. The number of fused-ring (bicyclic) bond motifs is 1. The van der Waals surface area contributed by atoms with Gasteiger partial charge in [-0.1, -0.05) is 42.5 Å². The number of amidine groups is 1. The van der Waals surface area contributed by atoms with Crippen LogP contribution in [0.2, 0.25) is 0 Å². The summed E-state index contributed by atoms with van der Waals surface area (Å²) in [5, 5.41) is 9.72. The quantitative estimate of drug-likeness (QED) is 0.338. The molecule has 3 N–H and O–H groups in total. The van der Waals surface area contributed by atoms with E-state index < -0.39 is 5.92 Å². The van der Waals surface area contributed by atoms with Crippen molar-refractivity contribution in [2.75, 3.05) is 27.2 Å². The van der Waals surface area contributed by atoms with Crippen LogP contribution in [0.3, 0.4) is 0 Å². The van der Waals surface area contributed by atoms with Crippen LogP contribution in [-0.4, -0.2) is 50.1 Å². The number of esters is 1. The number of likely N-dealkylation sites (N-methyl/N-ethyl adjacent to an activating group) is 1. The van der Waals surface area contributed by atoms with Crippen molar-refractivity contribution >= 4 is 22.6 Å². The average molecular weight is 432 g/mol. The fourth-order valence-corrected chi connectivity index (χ4v) is 4.27. The van der Waals surface area contributed by atoms with Gasteiger partial charge in [0.25, 0.3) is 0 Å². The van der Waals surface area contributed by atoms with E-state index in [1.807, 2.05) is 60.7 Å². The Balaban J connectivity index is 1.54. The fourth-order valence-electron chi connectivity index (χ4n) is 4.27. The predicted molar refractivity (Wildman–Crippen MR) is 126 cm³/mol. The van der Waals surface area contributed by atoms with Gasteiger partial charge in [0, 0.05) is 18.7 Å². The molecule has 1 heterocycles. The number of carbonyl (C=O) groups is 1. The molecule has 1 fully saturated rings. The van der Waals surface area contributed by atoms with Crippen LogP contribution >= 0.6 is 0 Å². The number of likely N-dealkylation sites (tertiary alicyclic amines) is 1. The Hall–Kier alpha value is -3.38. The molecule has 1 aliphatic rings. The average Bonchev–Trinajstić information content (AvgIpc) is 3.21. The number of rotatable bonds is 7. The Kier molecular flexibility index (Phi) is 6.42. The lowest BCUT2D eigenvalue weighted by molar-refractivity contribution is -0.142. The highest BCUT2D eigenvalue weighted by Gasteiger charge is 2.24. The van der Waals surface area contributed by atoms with Gasteiger partial charge in [0.1, 0.15) is 17.7 Å². The van der Waals surface area contributed by atoms with E-state index in [2.05, 4.69) is 11.9 Å². The van der Waals surface area contributed by atoms with Crippen molar-refractivity contribution in [1.82, 2.24) is 4.90 Å². The molecule has 6 heteroatoms. The Bertz CT molecular complexity index is 1130. The molecule has 1 saturated heterocycles. The van der Waals surface area contributed by atoms with Crippen molar-refractivity contribution in [3.63, 3.8) is 0 Å². The highest BCUT2D eigenvalue weighted by Crippen LogP contribution is 2.27. The standard InChI is InChI=1S/C26H29N3O3/c1-29-12-11-23(16-29)32-22-9-7-19(8-10-22)24(26(30)31-2)14-17-3-4-18-5-6-20(25(27)28)15-21(18)13-17/h3-10,13,15,23-24H,11-12,14,16H2,1-2H3,(H3,27,28). The molecule has 4 rings (SSSR count). The van der Waals surface area contributed by atoms with Crippen molar-refractivity contribution in [2.24, 2.45) is 5.73 Å². The van der Waals surface area contributed by atoms with Crippen LogP contribution in [0.25, 0.3) is 10.8 Å². The fraction of sp³-hybridized carbons (Fsp3) is 0.308. The molecule has 0 radical (unpaired) electrons. The van der Waals surface area contributed by atoms with Crippen molar-refractivity contribution in [3.05, 3.63) is 77.4 Å². The first-order chi connectivity index (χ1) is 15.4. The lowest BCUT2D eigenvalue weighted by Crippen LogP contribution is -2.21. The summed E-state index contributed by atoms with van der Waals surface area (Å²) in [6.07, 6.45) is 1.75. The molecule has 3 aromatic carbocycles. The molecular weight excluding hydrogens is 402 g/mol. The SMILES string of the molecule is COC(=O)C(Cc1ccc2ccc(C(=N)N)cc2c1)c1ccc(OC2CCN(C)C2)cc1. The number of hydrogen-bond acceptors (Lipinski definition) is 5. The van der Waals surface area contributed by atoms with Crippen LogP contribution in [-0.2, 0) is 16.0 Å². The van der Waals surface area contributed by atoms with Crippen LogP contribution in [0.4, 0.5) is 0 Å². The van der Waals surface area contributed by atoms with Crippen LogP contribution in [0, 0.1) is 5.41 Å². The maximum absolute atomic E-state index is 12.6. The van der Waals surface area contributed by atoms with Gasteiger partial charge in [-0.25, -0.2) is 0 Å². The smallest absolute Gasteiger partial charge is 0.313 e. The zero-order chi connectivity index (χ0) is 22.7. The number of nitrogens with one attached hydrogen (secondary N) is 1. The molecule has 2 atom stereocenters. The largest absolute Gasteiger partial charge is 0.489 e. The van der Waals surface area contributed by atoms with Crippen molar-refractivity contribution in [3.8, 4) is 5.75 Å². The van der Waals surface area contributed by atoms with E-state index in [1.165, 1.54) is 7.11 Å². The van der Waals surface area contributed by atoms with Gasteiger partial charge in [-0.3, -0.25) is 10.2 Å².